The number of methoxy groups -OCH3 is 1. The van der Waals surface area contributed by atoms with Gasteiger partial charge in [0.2, 0.25) is 17.5 Å². The Bertz CT molecular complexity index is 726. The van der Waals surface area contributed by atoms with Gasteiger partial charge in [-0.05, 0) is 0 Å². The second-order valence-electron chi connectivity index (χ2n) is 5.06. The van der Waals surface area contributed by atoms with E-state index in [2.05, 4.69) is 15.0 Å². The van der Waals surface area contributed by atoms with E-state index in [0.29, 0.717) is 24.8 Å². The maximum absolute atomic E-state index is 13.8. The fourth-order valence-corrected chi connectivity index (χ4v) is 2.50. The smallest absolute Gasteiger partial charge is 0.253 e. The number of aromatic nitrogens is 3. The number of pyridine rings is 1. The number of rotatable bonds is 3. The van der Waals surface area contributed by atoms with Crippen LogP contribution in [-0.2, 0) is 0 Å². The van der Waals surface area contributed by atoms with Gasteiger partial charge < -0.3 is 14.5 Å². The average molecular weight is 343 g/mol. The number of hydrogen-bond acceptors (Lipinski definition) is 6. The minimum Gasteiger partial charge on any atom is -0.480 e. The van der Waals surface area contributed by atoms with Gasteiger partial charge in [0.25, 0.3) is 11.9 Å². The van der Waals surface area contributed by atoms with Crippen molar-refractivity contribution in [2.24, 2.45) is 0 Å². The van der Waals surface area contributed by atoms with Gasteiger partial charge >= 0.3 is 0 Å². The number of ether oxygens (including phenoxy) is 1. The largest absolute Gasteiger partial charge is 0.480 e. The van der Waals surface area contributed by atoms with Gasteiger partial charge in [-0.1, -0.05) is 0 Å². The highest BCUT2D eigenvalue weighted by Gasteiger charge is 2.28. The van der Waals surface area contributed by atoms with Crippen molar-refractivity contribution in [3.63, 3.8) is 0 Å². The molecule has 0 unspecified atom stereocenters. The van der Waals surface area contributed by atoms with Crippen LogP contribution in [0.5, 0.6) is 5.88 Å². The highest BCUT2D eigenvalue weighted by molar-refractivity contribution is 5.51. The summed E-state index contributed by atoms with van der Waals surface area (Å²) in [6.45, 7) is 0.976. The van der Waals surface area contributed by atoms with Gasteiger partial charge in [-0.3, -0.25) is 4.98 Å². The van der Waals surface area contributed by atoms with Crippen LogP contribution in [0.25, 0.3) is 0 Å². The lowest BCUT2D eigenvalue weighted by Gasteiger charge is -2.36. The van der Waals surface area contributed by atoms with Crippen molar-refractivity contribution in [2.75, 3.05) is 43.1 Å². The lowest BCUT2D eigenvalue weighted by atomic mass is 10.2. The van der Waals surface area contributed by atoms with Crippen molar-refractivity contribution in [3.05, 3.63) is 35.9 Å². The Morgan fingerprint density at radius 3 is 2.04 bits per heavy atom. The summed E-state index contributed by atoms with van der Waals surface area (Å²) in [4.78, 5) is 13.8. The number of halogens is 4. The van der Waals surface area contributed by atoms with Crippen LogP contribution in [0.15, 0.2) is 12.4 Å². The van der Waals surface area contributed by atoms with Crippen LogP contribution in [0.2, 0.25) is 0 Å². The lowest BCUT2D eigenvalue weighted by Crippen LogP contribution is -2.47. The molecule has 0 spiro atoms. The van der Waals surface area contributed by atoms with Crippen LogP contribution in [-0.4, -0.2) is 48.2 Å². The fourth-order valence-electron chi connectivity index (χ4n) is 2.50. The summed E-state index contributed by atoms with van der Waals surface area (Å²) in [5, 5.41) is 0. The van der Waals surface area contributed by atoms with E-state index in [4.69, 9.17) is 4.74 Å². The van der Waals surface area contributed by atoms with E-state index in [1.54, 1.807) is 0 Å². The van der Waals surface area contributed by atoms with E-state index in [0.717, 1.165) is 0 Å². The molecular formula is C14H13F4N5O. The third-order valence-corrected chi connectivity index (χ3v) is 3.70. The van der Waals surface area contributed by atoms with Crippen molar-refractivity contribution >= 4 is 11.5 Å². The third-order valence-electron chi connectivity index (χ3n) is 3.70. The van der Waals surface area contributed by atoms with E-state index in [1.807, 2.05) is 4.90 Å². The monoisotopic (exact) mass is 343 g/mol. The minimum absolute atomic E-state index is 0.148. The average Bonchev–Trinajstić information content (AvgIpc) is 2.61. The lowest BCUT2D eigenvalue weighted by molar-refractivity contribution is 0.395. The van der Waals surface area contributed by atoms with Crippen LogP contribution in [0.3, 0.4) is 0 Å². The number of piperazine rings is 1. The Morgan fingerprint density at radius 2 is 1.46 bits per heavy atom. The second-order valence-corrected chi connectivity index (χ2v) is 5.06. The van der Waals surface area contributed by atoms with E-state index in [1.165, 1.54) is 24.4 Å². The predicted octanol–water partition coefficient (Wildman–Crippen LogP) is 1.76. The van der Waals surface area contributed by atoms with Gasteiger partial charge in [-0.15, -0.1) is 0 Å². The van der Waals surface area contributed by atoms with Gasteiger partial charge in [0.15, 0.2) is 5.82 Å². The van der Waals surface area contributed by atoms with E-state index in [-0.39, 0.29) is 13.1 Å². The molecule has 1 saturated heterocycles. The van der Waals surface area contributed by atoms with Crippen molar-refractivity contribution in [3.8, 4) is 5.88 Å². The summed E-state index contributed by atoms with van der Waals surface area (Å²) in [7, 11) is 1.46. The van der Waals surface area contributed by atoms with Gasteiger partial charge in [-0.2, -0.15) is 27.5 Å². The first kappa shape index (κ1) is 16.2. The quantitative estimate of drug-likeness (QED) is 0.625. The maximum atomic E-state index is 13.8. The molecule has 2 aromatic rings. The Morgan fingerprint density at radius 1 is 0.875 bits per heavy atom. The molecular weight excluding hydrogens is 330 g/mol. The van der Waals surface area contributed by atoms with Crippen LogP contribution < -0.4 is 14.5 Å². The van der Waals surface area contributed by atoms with Crippen LogP contribution in [0, 0.1) is 23.5 Å². The number of anilines is 2. The molecule has 0 atom stereocenters. The first-order valence-corrected chi connectivity index (χ1v) is 7.07. The summed E-state index contributed by atoms with van der Waals surface area (Å²) >= 11 is 0. The molecule has 1 fully saturated rings. The molecule has 0 saturated carbocycles. The molecule has 3 heterocycles. The first-order valence-electron chi connectivity index (χ1n) is 7.07. The zero-order valence-corrected chi connectivity index (χ0v) is 12.6. The van der Waals surface area contributed by atoms with Gasteiger partial charge in [0.1, 0.15) is 5.69 Å². The molecule has 1 aliphatic heterocycles. The standard InChI is InChI=1S/C14H13F4N5O/c1-24-9-7-19-6-8(20-9)22-2-4-23(5-3-22)12-10(15)13(17)21-14(18)11(12)16/h6-7H,2-5H2,1H3. The van der Waals surface area contributed by atoms with Crippen molar-refractivity contribution < 1.29 is 22.3 Å². The molecule has 0 radical (unpaired) electrons. The van der Waals surface area contributed by atoms with E-state index in [9.17, 15) is 17.6 Å². The molecule has 0 N–H and O–H groups in total. The number of nitrogens with zero attached hydrogens (tertiary/aromatic N) is 5. The molecule has 128 valence electrons. The van der Waals surface area contributed by atoms with Crippen molar-refractivity contribution in [2.45, 2.75) is 0 Å². The van der Waals surface area contributed by atoms with Gasteiger partial charge in [-0.25, -0.2) is 0 Å². The predicted molar refractivity (Wildman–Crippen MR) is 77.1 cm³/mol. The molecule has 24 heavy (non-hydrogen) atoms. The SMILES string of the molecule is COc1cncc(N2CCN(c3c(F)c(F)nc(F)c3F)CC2)n1. The summed E-state index contributed by atoms with van der Waals surface area (Å²) in [5.41, 5.74) is -0.739. The van der Waals surface area contributed by atoms with Crippen LogP contribution >= 0.6 is 0 Å². The Labute approximate surface area is 134 Å². The van der Waals surface area contributed by atoms with E-state index >= 15 is 0 Å². The summed E-state index contributed by atoms with van der Waals surface area (Å²) in [6, 6.07) is 0. The number of hydrogen-bond donors (Lipinski definition) is 0. The molecule has 1 aliphatic rings. The van der Waals surface area contributed by atoms with Crippen LogP contribution in [0.4, 0.5) is 29.1 Å². The Balaban J connectivity index is 1.78. The highest BCUT2D eigenvalue weighted by atomic mass is 19.2. The molecule has 0 bridgehead atoms. The Hall–Kier alpha value is -2.65. The summed E-state index contributed by atoms with van der Waals surface area (Å²) in [5.74, 6) is -5.44. The Kier molecular flexibility index (Phi) is 4.36. The fraction of sp³-hybridized carbons (Fsp3) is 0.357. The summed E-state index contributed by atoms with van der Waals surface area (Å²) in [6.07, 6.45) is 2.98. The minimum atomic E-state index is -1.66. The van der Waals surface area contributed by atoms with E-state index < -0.39 is 29.2 Å². The molecule has 0 aliphatic carbocycles. The van der Waals surface area contributed by atoms with Gasteiger partial charge in [0.05, 0.1) is 19.5 Å². The zero-order valence-electron chi connectivity index (χ0n) is 12.6. The van der Waals surface area contributed by atoms with Crippen LogP contribution in [0.1, 0.15) is 0 Å². The molecule has 2 aromatic heterocycles. The topological polar surface area (TPSA) is 54.4 Å². The zero-order chi connectivity index (χ0) is 17.3. The molecule has 0 aromatic carbocycles. The second kappa shape index (κ2) is 6.46. The first-order chi connectivity index (χ1) is 11.5. The molecule has 10 heteroatoms. The molecule has 6 nitrogen and oxygen atoms in total. The van der Waals surface area contributed by atoms with Crippen molar-refractivity contribution in [1.29, 1.82) is 0 Å². The maximum Gasteiger partial charge on any atom is 0.253 e. The molecule has 3 rings (SSSR count). The normalized spacial score (nSPS) is 14.9. The van der Waals surface area contributed by atoms with Gasteiger partial charge in [0, 0.05) is 26.2 Å². The highest BCUT2D eigenvalue weighted by Crippen LogP contribution is 2.27. The molecule has 0 amide bonds. The third kappa shape index (κ3) is 2.91. The van der Waals surface area contributed by atoms with Crippen molar-refractivity contribution in [1.82, 2.24) is 15.0 Å². The summed E-state index contributed by atoms with van der Waals surface area (Å²) < 4.78 is 59.1.